The maximum Gasteiger partial charge on any atom is 0.253 e. The molecule has 3 aromatic rings. The summed E-state index contributed by atoms with van der Waals surface area (Å²) in [5.41, 5.74) is 3.53. The van der Waals surface area contributed by atoms with Crippen LogP contribution < -0.4 is 5.32 Å². The summed E-state index contributed by atoms with van der Waals surface area (Å²) >= 11 is 0. The fourth-order valence-electron chi connectivity index (χ4n) is 3.60. The molecule has 0 saturated heterocycles. The quantitative estimate of drug-likeness (QED) is 0.775. The maximum absolute atomic E-state index is 12.7. The summed E-state index contributed by atoms with van der Waals surface area (Å²) in [6.07, 6.45) is 2.43. The molecule has 0 aliphatic carbocycles. The average Bonchev–Trinajstić information content (AvgIpc) is 3.04. The molecular formula is C21H23N5O. The first-order valence-electron chi connectivity index (χ1n) is 9.30. The van der Waals surface area contributed by atoms with Gasteiger partial charge in [0.2, 0.25) is 0 Å². The summed E-state index contributed by atoms with van der Waals surface area (Å²) in [6, 6.07) is 14.0. The van der Waals surface area contributed by atoms with Crippen molar-refractivity contribution in [3.8, 4) is 0 Å². The lowest BCUT2D eigenvalue weighted by molar-refractivity contribution is 0.0926. The largest absolute Gasteiger partial charge is 0.347 e. The van der Waals surface area contributed by atoms with Gasteiger partial charge >= 0.3 is 0 Å². The highest BCUT2D eigenvalue weighted by Gasteiger charge is 2.25. The molecule has 3 heterocycles. The molecule has 0 fully saturated rings. The van der Waals surface area contributed by atoms with Crippen molar-refractivity contribution in [2.75, 3.05) is 0 Å². The van der Waals surface area contributed by atoms with E-state index in [1.807, 2.05) is 44.2 Å². The Bertz CT molecular complexity index is 964. The summed E-state index contributed by atoms with van der Waals surface area (Å²) in [6.45, 7) is 4.50. The first-order valence-corrected chi connectivity index (χ1v) is 9.30. The van der Waals surface area contributed by atoms with Crippen LogP contribution in [0.2, 0.25) is 0 Å². The van der Waals surface area contributed by atoms with Gasteiger partial charge < -0.3 is 9.88 Å². The lowest BCUT2D eigenvalue weighted by atomic mass is 10.1. The Labute approximate surface area is 158 Å². The molecule has 0 radical (unpaired) electrons. The molecule has 1 atom stereocenters. The van der Waals surface area contributed by atoms with E-state index in [0.717, 1.165) is 42.3 Å². The molecule has 1 amide bonds. The number of carbonyl (C=O) groups is 1. The van der Waals surface area contributed by atoms with E-state index in [2.05, 4.69) is 37.2 Å². The van der Waals surface area contributed by atoms with Crippen LogP contribution in [0.5, 0.6) is 0 Å². The van der Waals surface area contributed by atoms with Crippen molar-refractivity contribution in [1.82, 2.24) is 25.1 Å². The fourth-order valence-corrected chi connectivity index (χ4v) is 3.60. The lowest BCUT2D eigenvalue weighted by Gasteiger charge is -2.25. The van der Waals surface area contributed by atoms with E-state index in [-0.39, 0.29) is 11.9 Å². The third-order valence-electron chi connectivity index (χ3n) is 5.03. The van der Waals surface area contributed by atoms with Gasteiger partial charge in [-0.3, -0.25) is 9.78 Å². The Kier molecular flexibility index (Phi) is 4.71. The second-order valence-corrected chi connectivity index (χ2v) is 7.10. The summed E-state index contributed by atoms with van der Waals surface area (Å²) in [4.78, 5) is 17.1. The van der Waals surface area contributed by atoms with E-state index in [1.165, 1.54) is 5.56 Å². The molecule has 138 valence electrons. The topological polar surface area (TPSA) is 72.7 Å². The summed E-state index contributed by atoms with van der Waals surface area (Å²) in [7, 11) is 0. The molecule has 0 bridgehead atoms. The van der Waals surface area contributed by atoms with Crippen LogP contribution in [0.15, 0.2) is 42.5 Å². The van der Waals surface area contributed by atoms with Gasteiger partial charge in [-0.05, 0) is 38.0 Å². The molecular weight excluding hydrogens is 338 g/mol. The van der Waals surface area contributed by atoms with E-state index in [1.54, 1.807) is 0 Å². The molecule has 6 heteroatoms. The molecule has 27 heavy (non-hydrogen) atoms. The van der Waals surface area contributed by atoms with Gasteiger partial charge in [0.15, 0.2) is 0 Å². The fraction of sp³-hybridized carbons (Fsp3) is 0.333. The number of aromatic nitrogens is 4. The Hall–Kier alpha value is -3.02. The molecule has 2 aromatic heterocycles. The highest BCUT2D eigenvalue weighted by molar-refractivity contribution is 5.95. The molecule has 1 aliphatic rings. The standard InChI is InChI=1S/C21H23N5O/c1-14-8-10-18(15(2)22-14)21(27)23-17-9-11-19-24-25-20(26(19)13-17)12-16-6-4-3-5-7-16/h3-8,10,17H,9,11-13H2,1-2H3,(H,23,27)/t17-/m0/s1. The number of amides is 1. The van der Waals surface area contributed by atoms with Crippen LogP contribution in [-0.2, 0) is 19.4 Å². The highest BCUT2D eigenvalue weighted by Crippen LogP contribution is 2.18. The van der Waals surface area contributed by atoms with E-state index >= 15 is 0 Å². The summed E-state index contributed by atoms with van der Waals surface area (Å²) in [5, 5.41) is 11.9. The predicted octanol–water partition coefficient (Wildman–Crippen LogP) is 2.63. The first kappa shape index (κ1) is 17.4. The minimum absolute atomic E-state index is 0.0638. The maximum atomic E-state index is 12.7. The monoisotopic (exact) mass is 361 g/mol. The molecule has 0 unspecified atom stereocenters. The molecule has 4 rings (SSSR count). The van der Waals surface area contributed by atoms with Crippen molar-refractivity contribution in [2.45, 2.75) is 45.7 Å². The van der Waals surface area contributed by atoms with Gasteiger partial charge in [0, 0.05) is 31.1 Å². The van der Waals surface area contributed by atoms with Crippen LogP contribution in [0.1, 0.15) is 45.4 Å². The molecule has 1 aliphatic heterocycles. The molecule has 1 aromatic carbocycles. The van der Waals surface area contributed by atoms with Crippen LogP contribution in [0, 0.1) is 13.8 Å². The Morgan fingerprint density at radius 3 is 2.74 bits per heavy atom. The van der Waals surface area contributed by atoms with Gasteiger partial charge in [0.1, 0.15) is 11.6 Å². The van der Waals surface area contributed by atoms with E-state index in [0.29, 0.717) is 12.1 Å². The van der Waals surface area contributed by atoms with Crippen molar-refractivity contribution in [3.05, 3.63) is 76.6 Å². The number of aryl methyl sites for hydroxylation is 3. The van der Waals surface area contributed by atoms with Crippen LogP contribution in [-0.4, -0.2) is 31.7 Å². The summed E-state index contributed by atoms with van der Waals surface area (Å²) < 4.78 is 2.15. The smallest absolute Gasteiger partial charge is 0.253 e. The van der Waals surface area contributed by atoms with Crippen LogP contribution >= 0.6 is 0 Å². The number of pyridine rings is 1. The van der Waals surface area contributed by atoms with Gasteiger partial charge in [-0.15, -0.1) is 10.2 Å². The van der Waals surface area contributed by atoms with E-state index in [4.69, 9.17) is 0 Å². The number of nitrogens with zero attached hydrogens (tertiary/aromatic N) is 4. The SMILES string of the molecule is Cc1ccc(C(=O)N[C@H]2CCc3nnc(Cc4ccccc4)n3C2)c(C)n1. The van der Waals surface area contributed by atoms with Gasteiger partial charge in [0.25, 0.3) is 5.91 Å². The second-order valence-electron chi connectivity index (χ2n) is 7.10. The van der Waals surface area contributed by atoms with Gasteiger partial charge in [0.05, 0.1) is 11.3 Å². The average molecular weight is 361 g/mol. The Morgan fingerprint density at radius 1 is 1.15 bits per heavy atom. The first-order chi connectivity index (χ1) is 13.1. The molecule has 6 nitrogen and oxygen atoms in total. The highest BCUT2D eigenvalue weighted by atomic mass is 16.1. The zero-order chi connectivity index (χ0) is 18.8. The zero-order valence-electron chi connectivity index (χ0n) is 15.6. The number of nitrogens with one attached hydrogen (secondary N) is 1. The number of carbonyl (C=O) groups excluding carboxylic acids is 1. The van der Waals surface area contributed by atoms with Crippen molar-refractivity contribution in [2.24, 2.45) is 0 Å². The molecule has 1 N–H and O–H groups in total. The minimum Gasteiger partial charge on any atom is -0.347 e. The van der Waals surface area contributed by atoms with Gasteiger partial charge in [-0.2, -0.15) is 0 Å². The van der Waals surface area contributed by atoms with E-state index < -0.39 is 0 Å². The Balaban J connectivity index is 1.48. The van der Waals surface area contributed by atoms with Crippen LogP contribution in [0.4, 0.5) is 0 Å². The third-order valence-corrected chi connectivity index (χ3v) is 5.03. The number of hydrogen-bond acceptors (Lipinski definition) is 4. The Morgan fingerprint density at radius 2 is 1.96 bits per heavy atom. The van der Waals surface area contributed by atoms with E-state index in [9.17, 15) is 4.79 Å². The molecule has 0 saturated carbocycles. The normalized spacial score (nSPS) is 16.0. The number of rotatable bonds is 4. The van der Waals surface area contributed by atoms with Gasteiger partial charge in [-0.25, -0.2) is 0 Å². The van der Waals surface area contributed by atoms with Crippen molar-refractivity contribution in [1.29, 1.82) is 0 Å². The minimum atomic E-state index is -0.0638. The second kappa shape index (κ2) is 7.31. The molecule has 0 spiro atoms. The van der Waals surface area contributed by atoms with Crippen molar-refractivity contribution >= 4 is 5.91 Å². The van der Waals surface area contributed by atoms with Crippen LogP contribution in [0.3, 0.4) is 0 Å². The van der Waals surface area contributed by atoms with Crippen molar-refractivity contribution < 1.29 is 4.79 Å². The number of hydrogen-bond donors (Lipinski definition) is 1. The number of fused-ring (bicyclic) bond motifs is 1. The zero-order valence-corrected chi connectivity index (χ0v) is 15.6. The number of benzene rings is 1. The predicted molar refractivity (Wildman–Crippen MR) is 103 cm³/mol. The van der Waals surface area contributed by atoms with Crippen LogP contribution in [0.25, 0.3) is 0 Å². The third kappa shape index (κ3) is 3.74. The van der Waals surface area contributed by atoms with Crippen molar-refractivity contribution in [3.63, 3.8) is 0 Å². The lowest BCUT2D eigenvalue weighted by Crippen LogP contribution is -2.41. The summed E-state index contributed by atoms with van der Waals surface area (Å²) in [5.74, 6) is 1.88. The van der Waals surface area contributed by atoms with Gasteiger partial charge in [-0.1, -0.05) is 30.3 Å².